The maximum absolute atomic E-state index is 4.44. The summed E-state index contributed by atoms with van der Waals surface area (Å²) in [6.07, 6.45) is 7.54. The fourth-order valence-corrected chi connectivity index (χ4v) is 7.19. The second-order valence-corrected chi connectivity index (χ2v) is 11.6. The van der Waals surface area contributed by atoms with Gasteiger partial charge in [0.2, 0.25) is 0 Å². The number of para-hydroxylation sites is 2. The van der Waals surface area contributed by atoms with E-state index >= 15 is 0 Å². The highest BCUT2D eigenvalue weighted by Crippen LogP contribution is 2.40. The first-order valence-electron chi connectivity index (χ1n) is 15.0. The lowest BCUT2D eigenvalue weighted by Crippen LogP contribution is -1.95. The van der Waals surface area contributed by atoms with Crippen LogP contribution in [0.4, 0.5) is 0 Å². The van der Waals surface area contributed by atoms with Gasteiger partial charge in [-0.25, -0.2) is 0 Å². The van der Waals surface area contributed by atoms with Crippen molar-refractivity contribution in [2.24, 2.45) is 0 Å². The van der Waals surface area contributed by atoms with Gasteiger partial charge in [0, 0.05) is 57.5 Å². The van der Waals surface area contributed by atoms with Crippen LogP contribution in [0.1, 0.15) is 11.1 Å². The Labute approximate surface area is 254 Å². The van der Waals surface area contributed by atoms with Crippen LogP contribution < -0.4 is 0 Å². The molecule has 0 saturated heterocycles. The zero-order chi connectivity index (χ0) is 29.4. The third kappa shape index (κ3) is 3.45. The van der Waals surface area contributed by atoms with Crippen LogP contribution in [0.2, 0.25) is 0 Å². The van der Waals surface area contributed by atoms with Gasteiger partial charge >= 0.3 is 0 Å². The molecule has 208 valence electrons. The highest BCUT2D eigenvalue weighted by molar-refractivity contribution is 6.14. The standard InChI is InChI=1S/C40H28N4/c1-25-31-11-3-5-13-35(31)43-37-17-15-27(29-9-7-19-41-23-29)21-33(37)34-22-28(30-10-8-20-42-24-30)16-18-38(34)44-36-14-6-4-12-32(36)26(2)40(44)39(25)43/h3-24H,1-2H3. The van der Waals surface area contributed by atoms with Crippen molar-refractivity contribution in [3.63, 3.8) is 0 Å². The van der Waals surface area contributed by atoms with Crippen molar-refractivity contribution in [1.82, 2.24) is 18.8 Å². The Hall–Kier alpha value is -5.74. The Morgan fingerprint density at radius 2 is 0.841 bits per heavy atom. The minimum absolute atomic E-state index is 1.10. The second kappa shape index (κ2) is 9.38. The van der Waals surface area contributed by atoms with E-state index in [9.17, 15) is 0 Å². The number of hydrogen-bond acceptors (Lipinski definition) is 2. The maximum atomic E-state index is 4.44. The summed E-state index contributed by atoms with van der Waals surface area (Å²) in [5, 5.41) is 4.89. The van der Waals surface area contributed by atoms with E-state index in [1.54, 1.807) is 0 Å². The predicted octanol–water partition coefficient (Wildman–Crippen LogP) is 10.1. The number of fused-ring (bicyclic) bond motifs is 12. The van der Waals surface area contributed by atoms with E-state index in [4.69, 9.17) is 0 Å². The van der Waals surface area contributed by atoms with E-state index in [2.05, 4.69) is 130 Å². The Morgan fingerprint density at radius 3 is 1.27 bits per heavy atom. The molecule has 5 aromatic heterocycles. The largest absolute Gasteiger partial charge is 0.307 e. The first kappa shape index (κ1) is 24.8. The Balaban J connectivity index is 1.63. The molecule has 4 nitrogen and oxygen atoms in total. The molecule has 0 fully saturated rings. The summed E-state index contributed by atoms with van der Waals surface area (Å²) in [5.74, 6) is 0. The van der Waals surface area contributed by atoms with Crippen LogP contribution in [-0.2, 0) is 0 Å². The lowest BCUT2D eigenvalue weighted by atomic mass is 9.99. The minimum Gasteiger partial charge on any atom is -0.307 e. The molecule has 9 rings (SSSR count). The number of hydrogen-bond donors (Lipinski definition) is 0. The Morgan fingerprint density at radius 1 is 0.409 bits per heavy atom. The third-order valence-electron chi connectivity index (χ3n) is 9.23. The van der Waals surface area contributed by atoms with Gasteiger partial charge in [0.15, 0.2) is 0 Å². The molecule has 0 bridgehead atoms. The molecule has 0 aliphatic heterocycles. The summed E-state index contributed by atoms with van der Waals surface area (Å²) in [6.45, 7) is 4.54. The molecular formula is C40H28N4. The van der Waals surface area contributed by atoms with Gasteiger partial charge in [-0.15, -0.1) is 0 Å². The molecule has 4 aromatic carbocycles. The van der Waals surface area contributed by atoms with Crippen LogP contribution in [0.3, 0.4) is 0 Å². The van der Waals surface area contributed by atoms with Crippen molar-refractivity contribution in [3.05, 3.63) is 145 Å². The van der Waals surface area contributed by atoms with E-state index in [-0.39, 0.29) is 0 Å². The van der Waals surface area contributed by atoms with Crippen LogP contribution >= 0.6 is 0 Å². The van der Waals surface area contributed by atoms with E-state index in [1.165, 1.54) is 54.7 Å². The van der Waals surface area contributed by atoms with Crippen molar-refractivity contribution < 1.29 is 0 Å². The summed E-state index contributed by atoms with van der Waals surface area (Å²) >= 11 is 0. The highest BCUT2D eigenvalue weighted by Gasteiger charge is 2.20. The molecule has 0 aliphatic carbocycles. The number of rotatable bonds is 2. The van der Waals surface area contributed by atoms with Gasteiger partial charge in [-0.2, -0.15) is 0 Å². The number of nitrogens with zero attached hydrogens (tertiary/aromatic N) is 4. The van der Waals surface area contributed by atoms with Crippen molar-refractivity contribution in [2.45, 2.75) is 13.8 Å². The molecule has 0 N–H and O–H groups in total. The normalized spacial score (nSPS) is 11.9. The van der Waals surface area contributed by atoms with Crippen LogP contribution in [0, 0.1) is 13.8 Å². The smallest absolute Gasteiger partial charge is 0.0742 e. The van der Waals surface area contributed by atoms with Gasteiger partial charge in [0.25, 0.3) is 0 Å². The van der Waals surface area contributed by atoms with Crippen LogP contribution in [-0.4, -0.2) is 18.8 Å². The summed E-state index contributed by atoms with van der Waals surface area (Å²) in [4.78, 5) is 8.87. The molecule has 0 amide bonds. The van der Waals surface area contributed by atoms with Gasteiger partial charge < -0.3 is 8.80 Å². The number of aromatic nitrogens is 4. The van der Waals surface area contributed by atoms with Gasteiger partial charge in [-0.3, -0.25) is 9.97 Å². The minimum atomic E-state index is 1.10. The molecule has 0 radical (unpaired) electrons. The van der Waals surface area contributed by atoms with Crippen molar-refractivity contribution in [2.75, 3.05) is 0 Å². The van der Waals surface area contributed by atoms with Crippen LogP contribution in [0.5, 0.6) is 0 Å². The fraction of sp³-hybridized carbons (Fsp3) is 0.0500. The van der Waals surface area contributed by atoms with Crippen LogP contribution in [0.15, 0.2) is 134 Å². The second-order valence-electron chi connectivity index (χ2n) is 11.6. The molecule has 44 heavy (non-hydrogen) atoms. The maximum Gasteiger partial charge on any atom is 0.0742 e. The Bertz CT molecular complexity index is 2430. The molecular weight excluding hydrogens is 536 g/mol. The number of benzene rings is 4. The first-order valence-corrected chi connectivity index (χ1v) is 15.0. The molecule has 9 aromatic rings. The third-order valence-corrected chi connectivity index (χ3v) is 9.23. The lowest BCUT2D eigenvalue weighted by molar-refractivity contribution is 1.28. The lowest BCUT2D eigenvalue weighted by Gasteiger charge is -2.13. The van der Waals surface area contributed by atoms with E-state index < -0.39 is 0 Å². The van der Waals surface area contributed by atoms with E-state index in [0.29, 0.717) is 0 Å². The van der Waals surface area contributed by atoms with Gasteiger partial charge in [-0.1, -0.05) is 60.7 Å². The number of pyridine rings is 2. The number of aryl methyl sites for hydroxylation is 2. The van der Waals surface area contributed by atoms with Crippen LogP contribution in [0.25, 0.3) is 76.9 Å². The fourth-order valence-electron chi connectivity index (χ4n) is 7.19. The molecule has 0 unspecified atom stereocenters. The molecule has 5 heterocycles. The van der Waals surface area contributed by atoms with Crippen molar-refractivity contribution in [1.29, 1.82) is 0 Å². The zero-order valence-corrected chi connectivity index (χ0v) is 24.5. The average Bonchev–Trinajstić information content (AvgIpc) is 3.54. The summed E-state index contributed by atoms with van der Waals surface area (Å²) in [6, 6.07) is 39.6. The van der Waals surface area contributed by atoms with Gasteiger partial charge in [0.05, 0.1) is 33.1 Å². The van der Waals surface area contributed by atoms with Crippen molar-refractivity contribution >= 4 is 54.6 Å². The molecule has 0 saturated carbocycles. The molecule has 0 atom stereocenters. The molecule has 0 spiro atoms. The molecule has 0 aliphatic rings. The monoisotopic (exact) mass is 564 g/mol. The average molecular weight is 565 g/mol. The van der Waals surface area contributed by atoms with E-state index in [1.807, 2.05) is 36.9 Å². The topological polar surface area (TPSA) is 34.6 Å². The molecule has 4 heteroatoms. The van der Waals surface area contributed by atoms with E-state index in [0.717, 1.165) is 33.3 Å². The first-order chi connectivity index (χ1) is 21.7. The summed E-state index contributed by atoms with van der Waals surface area (Å²) in [7, 11) is 0. The van der Waals surface area contributed by atoms with Crippen molar-refractivity contribution in [3.8, 4) is 22.3 Å². The SMILES string of the molecule is Cc1c2ccccc2n2c3ccc(-c4cccnc4)cc3c3cc(-c4cccnc4)ccc3n3c4ccccc4c(C)c3c12. The summed E-state index contributed by atoms with van der Waals surface area (Å²) in [5.41, 5.74) is 14.2. The van der Waals surface area contributed by atoms with Gasteiger partial charge in [-0.05, 0) is 84.6 Å². The predicted molar refractivity (Wildman–Crippen MR) is 183 cm³/mol. The van der Waals surface area contributed by atoms with Gasteiger partial charge in [0.1, 0.15) is 0 Å². The summed E-state index contributed by atoms with van der Waals surface area (Å²) < 4.78 is 4.98. The highest BCUT2D eigenvalue weighted by atomic mass is 15.0. The quantitative estimate of drug-likeness (QED) is 0.209. The Kier molecular flexibility index (Phi) is 5.29. The zero-order valence-electron chi connectivity index (χ0n) is 24.5.